The predicted molar refractivity (Wildman–Crippen MR) is 129 cm³/mol. The van der Waals surface area contributed by atoms with E-state index in [1.165, 1.54) is 0 Å². The van der Waals surface area contributed by atoms with Gasteiger partial charge in [0.2, 0.25) is 0 Å². The first-order valence-electron chi connectivity index (χ1n) is 10.4. The number of sulfone groups is 1. The van der Waals surface area contributed by atoms with E-state index in [0.717, 1.165) is 11.3 Å². The summed E-state index contributed by atoms with van der Waals surface area (Å²) < 4.78 is 26.5. The Labute approximate surface area is 197 Å². The second-order valence-corrected chi connectivity index (χ2v) is 9.97. The fourth-order valence-corrected chi connectivity index (χ4v) is 4.84. The van der Waals surface area contributed by atoms with Crippen molar-refractivity contribution in [2.45, 2.75) is 11.3 Å². The molecule has 1 amide bonds. The molecule has 0 fully saturated rings. The van der Waals surface area contributed by atoms with Gasteiger partial charge in [-0.2, -0.15) is 5.10 Å². The van der Waals surface area contributed by atoms with Crippen molar-refractivity contribution < 1.29 is 13.2 Å². The SMILES string of the molecule is O=C(NCCCS(=O)(=O)c1ccccc1)c1cn(-c2ccccc2)nc1-c1ccc(Cl)cc1. The van der Waals surface area contributed by atoms with E-state index in [2.05, 4.69) is 10.4 Å². The van der Waals surface area contributed by atoms with Crippen LogP contribution in [0.4, 0.5) is 0 Å². The van der Waals surface area contributed by atoms with Crippen LogP contribution in [0.2, 0.25) is 5.02 Å². The van der Waals surface area contributed by atoms with E-state index >= 15 is 0 Å². The van der Waals surface area contributed by atoms with Crippen LogP contribution in [-0.4, -0.2) is 36.4 Å². The number of amides is 1. The molecule has 1 aromatic heterocycles. The van der Waals surface area contributed by atoms with Gasteiger partial charge in [-0.05, 0) is 42.8 Å². The third kappa shape index (κ3) is 5.50. The zero-order valence-electron chi connectivity index (χ0n) is 17.7. The summed E-state index contributed by atoms with van der Waals surface area (Å²) in [4.78, 5) is 13.3. The lowest BCUT2D eigenvalue weighted by molar-refractivity contribution is 0.0954. The largest absolute Gasteiger partial charge is 0.352 e. The van der Waals surface area contributed by atoms with Gasteiger partial charge in [0.05, 0.1) is 21.9 Å². The Hall–Kier alpha value is -3.42. The number of benzene rings is 3. The van der Waals surface area contributed by atoms with E-state index in [-0.39, 0.29) is 23.1 Å². The standard InChI is InChI=1S/C25H22ClN3O3S/c26-20-14-12-19(13-15-20)24-23(18-29(28-24)21-8-3-1-4-9-21)25(30)27-16-7-17-33(31,32)22-10-5-2-6-11-22/h1-6,8-15,18H,7,16-17H2,(H,27,30). The first kappa shape index (κ1) is 22.8. The van der Waals surface area contributed by atoms with Crippen LogP contribution in [-0.2, 0) is 9.84 Å². The lowest BCUT2D eigenvalue weighted by Crippen LogP contribution is -2.26. The molecule has 4 rings (SSSR count). The van der Waals surface area contributed by atoms with Crippen LogP contribution in [0.15, 0.2) is 96.0 Å². The number of rotatable bonds is 8. The minimum absolute atomic E-state index is 0.0510. The van der Waals surface area contributed by atoms with Crippen molar-refractivity contribution >= 4 is 27.3 Å². The number of aromatic nitrogens is 2. The molecule has 0 saturated heterocycles. The zero-order valence-corrected chi connectivity index (χ0v) is 19.3. The molecule has 3 aromatic carbocycles. The van der Waals surface area contributed by atoms with E-state index in [9.17, 15) is 13.2 Å². The van der Waals surface area contributed by atoms with E-state index in [1.54, 1.807) is 53.3 Å². The highest BCUT2D eigenvalue weighted by atomic mass is 35.5. The molecule has 0 bridgehead atoms. The quantitative estimate of drug-likeness (QED) is 0.368. The number of para-hydroxylation sites is 1. The van der Waals surface area contributed by atoms with Gasteiger partial charge in [0, 0.05) is 23.3 Å². The maximum atomic E-state index is 13.0. The number of nitrogens with zero attached hydrogens (tertiary/aromatic N) is 2. The number of hydrogen-bond acceptors (Lipinski definition) is 4. The Morgan fingerprint density at radius 2 is 1.55 bits per heavy atom. The summed E-state index contributed by atoms with van der Waals surface area (Å²) in [5.74, 6) is -0.371. The van der Waals surface area contributed by atoms with Crippen LogP contribution < -0.4 is 5.32 Å². The molecule has 0 aliphatic carbocycles. The lowest BCUT2D eigenvalue weighted by Gasteiger charge is -2.07. The molecule has 6 nitrogen and oxygen atoms in total. The van der Waals surface area contributed by atoms with Gasteiger partial charge in [0.15, 0.2) is 9.84 Å². The summed E-state index contributed by atoms with van der Waals surface area (Å²) in [6.45, 7) is 0.224. The van der Waals surface area contributed by atoms with Crippen molar-refractivity contribution in [1.82, 2.24) is 15.1 Å². The average molecular weight is 480 g/mol. The third-order valence-corrected chi connectivity index (χ3v) is 7.14. The highest BCUT2D eigenvalue weighted by Crippen LogP contribution is 2.25. The third-order valence-electron chi connectivity index (χ3n) is 5.07. The average Bonchev–Trinajstić information content (AvgIpc) is 3.29. The van der Waals surface area contributed by atoms with Crippen molar-refractivity contribution in [3.05, 3.63) is 102 Å². The molecule has 4 aromatic rings. The second kappa shape index (κ2) is 10.0. The van der Waals surface area contributed by atoms with E-state index in [1.807, 2.05) is 42.5 Å². The predicted octanol–water partition coefficient (Wildman–Crippen LogP) is 4.79. The van der Waals surface area contributed by atoms with Gasteiger partial charge in [-0.15, -0.1) is 0 Å². The lowest BCUT2D eigenvalue weighted by atomic mass is 10.1. The van der Waals surface area contributed by atoms with Crippen molar-refractivity contribution in [3.8, 4) is 16.9 Å². The Balaban J connectivity index is 1.50. The summed E-state index contributed by atoms with van der Waals surface area (Å²) >= 11 is 6.01. The smallest absolute Gasteiger partial charge is 0.255 e. The molecule has 8 heteroatoms. The molecular weight excluding hydrogens is 458 g/mol. The number of carbonyl (C=O) groups excluding carboxylic acids is 1. The minimum atomic E-state index is -3.39. The van der Waals surface area contributed by atoms with Crippen LogP contribution in [0.25, 0.3) is 16.9 Å². The first-order valence-corrected chi connectivity index (χ1v) is 12.4. The van der Waals surface area contributed by atoms with Gasteiger partial charge in [0.25, 0.3) is 5.91 Å². The molecule has 0 atom stereocenters. The van der Waals surface area contributed by atoms with Crippen molar-refractivity contribution in [2.75, 3.05) is 12.3 Å². The minimum Gasteiger partial charge on any atom is -0.352 e. The first-order chi connectivity index (χ1) is 15.9. The molecule has 33 heavy (non-hydrogen) atoms. The molecule has 1 heterocycles. The highest BCUT2D eigenvalue weighted by molar-refractivity contribution is 7.91. The van der Waals surface area contributed by atoms with Crippen molar-refractivity contribution in [3.63, 3.8) is 0 Å². The van der Waals surface area contributed by atoms with Crippen LogP contribution in [0.1, 0.15) is 16.8 Å². The maximum Gasteiger partial charge on any atom is 0.255 e. The van der Waals surface area contributed by atoms with E-state index in [0.29, 0.717) is 22.7 Å². The molecule has 0 unspecified atom stereocenters. The highest BCUT2D eigenvalue weighted by Gasteiger charge is 2.19. The summed E-state index contributed by atoms with van der Waals surface area (Å²) in [7, 11) is -3.39. The summed E-state index contributed by atoms with van der Waals surface area (Å²) in [5, 5.41) is 8.04. The molecule has 0 spiro atoms. The van der Waals surface area contributed by atoms with Gasteiger partial charge < -0.3 is 5.32 Å². The topological polar surface area (TPSA) is 81.1 Å². The summed E-state index contributed by atoms with van der Waals surface area (Å²) in [6.07, 6.45) is 1.97. The molecular formula is C25H22ClN3O3S. The molecule has 0 aliphatic rings. The number of nitrogens with one attached hydrogen (secondary N) is 1. The van der Waals surface area contributed by atoms with Gasteiger partial charge in [-0.1, -0.05) is 60.1 Å². The monoisotopic (exact) mass is 479 g/mol. The number of hydrogen-bond donors (Lipinski definition) is 1. The summed E-state index contributed by atoms with van der Waals surface area (Å²) in [5.41, 5.74) is 2.49. The molecule has 0 aliphatic heterocycles. The zero-order chi connectivity index (χ0) is 23.3. The normalized spacial score (nSPS) is 11.3. The van der Waals surface area contributed by atoms with Crippen LogP contribution >= 0.6 is 11.6 Å². The fourth-order valence-electron chi connectivity index (χ4n) is 3.38. The van der Waals surface area contributed by atoms with E-state index < -0.39 is 9.84 Å². The molecule has 1 N–H and O–H groups in total. The molecule has 0 radical (unpaired) electrons. The van der Waals surface area contributed by atoms with Crippen LogP contribution in [0, 0.1) is 0 Å². The van der Waals surface area contributed by atoms with Crippen molar-refractivity contribution in [2.24, 2.45) is 0 Å². The number of carbonyl (C=O) groups is 1. The molecule has 0 saturated carbocycles. The maximum absolute atomic E-state index is 13.0. The number of halogens is 1. The second-order valence-electron chi connectivity index (χ2n) is 7.42. The fraction of sp³-hybridized carbons (Fsp3) is 0.120. The Morgan fingerprint density at radius 1 is 0.909 bits per heavy atom. The summed E-state index contributed by atoms with van der Waals surface area (Å²) in [6, 6.07) is 24.9. The van der Waals surface area contributed by atoms with Crippen LogP contribution in [0.5, 0.6) is 0 Å². The Morgan fingerprint density at radius 3 is 2.21 bits per heavy atom. The Kier molecular flexibility index (Phi) is 6.91. The van der Waals surface area contributed by atoms with Crippen molar-refractivity contribution in [1.29, 1.82) is 0 Å². The van der Waals surface area contributed by atoms with E-state index in [4.69, 9.17) is 11.6 Å². The Bertz CT molecular complexity index is 1340. The van der Waals surface area contributed by atoms with Gasteiger partial charge >= 0.3 is 0 Å². The van der Waals surface area contributed by atoms with Crippen LogP contribution in [0.3, 0.4) is 0 Å². The molecule has 168 valence electrons. The van der Waals surface area contributed by atoms with Gasteiger partial charge in [-0.3, -0.25) is 4.79 Å². The van der Waals surface area contributed by atoms with Gasteiger partial charge in [0.1, 0.15) is 5.69 Å². The van der Waals surface area contributed by atoms with Gasteiger partial charge in [-0.25, -0.2) is 13.1 Å².